The molecule has 1 N–H and O–H groups in total. The van der Waals surface area contributed by atoms with Crippen LogP contribution < -0.4 is 9.47 Å². The lowest BCUT2D eigenvalue weighted by atomic mass is 10.0. The molecule has 27 heavy (non-hydrogen) atoms. The van der Waals surface area contributed by atoms with Crippen LogP contribution in [0.5, 0.6) is 11.5 Å². The number of carbonyl (C=O) groups excluding carboxylic acids is 2. The van der Waals surface area contributed by atoms with E-state index >= 15 is 0 Å². The highest BCUT2D eigenvalue weighted by atomic mass is 32.2. The van der Waals surface area contributed by atoms with Crippen molar-refractivity contribution < 1.29 is 32.0 Å². The number of Topliss-reactive ketones (excluding diaryl/α,β-unsaturated/α-hetero) is 1. The van der Waals surface area contributed by atoms with Crippen LogP contribution >= 0.6 is 0 Å². The lowest BCUT2D eigenvalue weighted by molar-refractivity contribution is -0.132. The smallest absolute Gasteiger partial charge is 0.308 e. The molecule has 0 saturated heterocycles. The fourth-order valence-electron chi connectivity index (χ4n) is 2.72. The number of methoxy groups -OCH3 is 1. The maximum atomic E-state index is 12.2. The Bertz CT molecular complexity index is 740. The van der Waals surface area contributed by atoms with Crippen LogP contribution in [0.4, 0.5) is 0 Å². The van der Waals surface area contributed by atoms with Crippen molar-refractivity contribution in [2.75, 3.05) is 7.11 Å². The number of benzene rings is 1. The Labute approximate surface area is 160 Å². The Morgan fingerprint density at radius 1 is 1.19 bits per heavy atom. The van der Waals surface area contributed by atoms with E-state index in [0.29, 0.717) is 24.3 Å². The molecule has 1 aromatic carbocycles. The second kappa shape index (κ2) is 11.0. The summed E-state index contributed by atoms with van der Waals surface area (Å²) < 4.78 is 42.5. The quantitative estimate of drug-likeness (QED) is 0.248. The van der Waals surface area contributed by atoms with Crippen LogP contribution in [0.15, 0.2) is 18.2 Å². The van der Waals surface area contributed by atoms with E-state index in [9.17, 15) is 22.6 Å². The summed E-state index contributed by atoms with van der Waals surface area (Å²) in [5.41, 5.74) is 0.797. The van der Waals surface area contributed by atoms with Gasteiger partial charge in [0.05, 0.1) is 12.4 Å². The Balaban J connectivity index is 2.68. The van der Waals surface area contributed by atoms with Gasteiger partial charge in [-0.05, 0) is 30.5 Å². The summed E-state index contributed by atoms with van der Waals surface area (Å²) in [7, 11) is -2.79. The second-order valence-electron chi connectivity index (χ2n) is 6.45. The molecule has 8 heteroatoms. The van der Waals surface area contributed by atoms with Gasteiger partial charge in [-0.2, -0.15) is 8.42 Å². The third-order valence-electron chi connectivity index (χ3n) is 4.18. The maximum absolute atomic E-state index is 12.2. The molecule has 1 aromatic rings. The molecule has 1 unspecified atom stereocenters. The minimum absolute atomic E-state index is 0.149. The first-order chi connectivity index (χ1) is 12.7. The number of ether oxygens (including phenoxy) is 2. The Kier molecular flexibility index (Phi) is 9.45. The lowest BCUT2D eigenvalue weighted by Gasteiger charge is -2.13. The predicted octanol–water partition coefficient (Wildman–Crippen LogP) is 3.35. The molecule has 0 saturated carbocycles. The molecule has 0 bridgehead atoms. The van der Waals surface area contributed by atoms with E-state index in [-0.39, 0.29) is 25.0 Å². The highest BCUT2D eigenvalue weighted by Gasteiger charge is 2.25. The van der Waals surface area contributed by atoms with Gasteiger partial charge in [-0.25, -0.2) is 0 Å². The summed E-state index contributed by atoms with van der Waals surface area (Å²) in [6, 6.07) is 4.98. The van der Waals surface area contributed by atoms with Gasteiger partial charge in [-0.1, -0.05) is 32.3 Å². The Morgan fingerprint density at radius 3 is 2.44 bits per heavy atom. The molecule has 0 heterocycles. The fraction of sp³-hybridized carbons (Fsp3) is 0.579. The summed E-state index contributed by atoms with van der Waals surface area (Å²) in [5, 5.41) is -1.04. The number of ketones is 1. The number of carbonyl (C=O) groups is 2. The van der Waals surface area contributed by atoms with E-state index in [1.54, 1.807) is 18.2 Å². The van der Waals surface area contributed by atoms with Gasteiger partial charge in [0, 0.05) is 19.8 Å². The Hall–Kier alpha value is -1.93. The van der Waals surface area contributed by atoms with Crippen molar-refractivity contribution in [2.45, 2.75) is 64.0 Å². The van der Waals surface area contributed by atoms with Gasteiger partial charge in [0.1, 0.15) is 5.78 Å². The molecule has 7 nitrogen and oxygen atoms in total. The standard InChI is InChI=1S/C19H28O7S/c1-4-5-6-7-17(27(22,23)24)13-16(21)10-8-15-9-11-18(26-14(2)20)19(12-15)25-3/h9,11-12,17H,4-8,10,13H2,1-3H3,(H,22,23,24). The zero-order valence-corrected chi connectivity index (χ0v) is 16.9. The predicted molar refractivity (Wildman–Crippen MR) is 102 cm³/mol. The van der Waals surface area contributed by atoms with E-state index < -0.39 is 21.3 Å². The third-order valence-corrected chi connectivity index (χ3v) is 5.43. The van der Waals surface area contributed by atoms with Crippen LogP contribution in [0.25, 0.3) is 0 Å². The van der Waals surface area contributed by atoms with Crippen LogP contribution in [0, 0.1) is 0 Å². The van der Waals surface area contributed by atoms with Gasteiger partial charge in [-0.15, -0.1) is 0 Å². The second-order valence-corrected chi connectivity index (χ2v) is 8.15. The van der Waals surface area contributed by atoms with Gasteiger partial charge in [0.15, 0.2) is 11.5 Å². The monoisotopic (exact) mass is 400 g/mol. The molecule has 0 aliphatic rings. The summed E-state index contributed by atoms with van der Waals surface area (Å²) in [6.07, 6.45) is 3.07. The van der Waals surface area contributed by atoms with Gasteiger partial charge < -0.3 is 9.47 Å². The molecule has 0 spiro atoms. The van der Waals surface area contributed by atoms with Crippen LogP contribution in [-0.4, -0.2) is 37.1 Å². The van der Waals surface area contributed by atoms with E-state index in [4.69, 9.17) is 9.47 Å². The molecule has 0 aliphatic carbocycles. The van der Waals surface area contributed by atoms with Crippen LogP contribution in [0.3, 0.4) is 0 Å². The fourth-order valence-corrected chi connectivity index (χ4v) is 3.59. The normalized spacial score (nSPS) is 12.4. The van der Waals surface area contributed by atoms with Gasteiger partial charge in [0.2, 0.25) is 0 Å². The van der Waals surface area contributed by atoms with Crippen molar-refractivity contribution >= 4 is 21.9 Å². The summed E-state index contributed by atoms with van der Waals surface area (Å²) in [4.78, 5) is 23.3. The number of rotatable bonds is 12. The van der Waals surface area contributed by atoms with Crippen LogP contribution in [0.1, 0.15) is 57.9 Å². The highest BCUT2D eigenvalue weighted by molar-refractivity contribution is 7.86. The third kappa shape index (κ3) is 8.53. The first-order valence-corrected chi connectivity index (χ1v) is 10.5. The average molecular weight is 400 g/mol. The van der Waals surface area contributed by atoms with E-state index in [1.807, 2.05) is 6.92 Å². The number of hydrogen-bond acceptors (Lipinski definition) is 6. The molecule has 0 aromatic heterocycles. The van der Waals surface area contributed by atoms with Gasteiger partial charge in [-0.3, -0.25) is 14.1 Å². The molecule has 1 atom stereocenters. The molecular formula is C19H28O7S. The zero-order valence-electron chi connectivity index (χ0n) is 16.1. The average Bonchev–Trinajstić information content (AvgIpc) is 2.58. The maximum Gasteiger partial charge on any atom is 0.308 e. The van der Waals surface area contributed by atoms with Crippen molar-refractivity contribution in [1.29, 1.82) is 0 Å². The number of unbranched alkanes of at least 4 members (excludes halogenated alkanes) is 2. The molecule has 1 rings (SSSR count). The van der Waals surface area contributed by atoms with Crippen molar-refractivity contribution in [2.24, 2.45) is 0 Å². The summed E-state index contributed by atoms with van der Waals surface area (Å²) in [5.74, 6) is -0.0133. The molecule has 0 aliphatic heterocycles. The SMILES string of the molecule is CCCCCC(CC(=O)CCc1ccc(OC(C)=O)c(OC)c1)S(=O)(=O)O. The van der Waals surface area contributed by atoms with Crippen molar-refractivity contribution in [3.63, 3.8) is 0 Å². The van der Waals surface area contributed by atoms with Crippen molar-refractivity contribution in [3.8, 4) is 11.5 Å². The number of hydrogen-bond donors (Lipinski definition) is 1. The first-order valence-electron chi connectivity index (χ1n) is 9.00. The number of aryl methyl sites for hydroxylation is 1. The first kappa shape index (κ1) is 23.1. The summed E-state index contributed by atoms with van der Waals surface area (Å²) >= 11 is 0. The molecule has 0 fully saturated rings. The van der Waals surface area contributed by atoms with E-state index in [2.05, 4.69) is 0 Å². The molecule has 152 valence electrons. The van der Waals surface area contributed by atoms with Crippen molar-refractivity contribution in [3.05, 3.63) is 23.8 Å². The lowest BCUT2D eigenvalue weighted by Crippen LogP contribution is -2.24. The minimum Gasteiger partial charge on any atom is -0.493 e. The zero-order chi connectivity index (χ0) is 20.4. The molecule has 0 amide bonds. The number of esters is 1. The molecule has 0 radical (unpaired) electrons. The van der Waals surface area contributed by atoms with Crippen LogP contribution in [-0.2, 0) is 26.1 Å². The van der Waals surface area contributed by atoms with Gasteiger partial charge in [0.25, 0.3) is 10.1 Å². The largest absolute Gasteiger partial charge is 0.493 e. The van der Waals surface area contributed by atoms with Gasteiger partial charge >= 0.3 is 5.97 Å². The van der Waals surface area contributed by atoms with Crippen molar-refractivity contribution in [1.82, 2.24) is 0 Å². The van der Waals surface area contributed by atoms with E-state index in [0.717, 1.165) is 18.4 Å². The summed E-state index contributed by atoms with van der Waals surface area (Å²) in [6.45, 7) is 3.28. The van der Waals surface area contributed by atoms with E-state index in [1.165, 1.54) is 14.0 Å². The Morgan fingerprint density at radius 2 is 1.89 bits per heavy atom. The highest BCUT2D eigenvalue weighted by Crippen LogP contribution is 2.29. The minimum atomic E-state index is -4.24. The topological polar surface area (TPSA) is 107 Å². The van der Waals surface area contributed by atoms with Crippen LogP contribution in [0.2, 0.25) is 0 Å². The molecular weight excluding hydrogens is 372 g/mol.